The van der Waals surface area contributed by atoms with Crippen LogP contribution in [0.5, 0.6) is 0 Å². The van der Waals surface area contributed by atoms with Crippen LogP contribution in [0, 0.1) is 17.8 Å². The van der Waals surface area contributed by atoms with Crippen LogP contribution in [0.1, 0.15) is 99.0 Å². The van der Waals surface area contributed by atoms with E-state index in [-0.39, 0.29) is 56.5 Å². The number of hydrogen-bond donors (Lipinski definition) is 11. The highest BCUT2D eigenvalue weighted by atomic mass is 16.4. The second-order valence-electron chi connectivity index (χ2n) is 18.7. The van der Waals surface area contributed by atoms with Gasteiger partial charge < -0.3 is 58.9 Å². The number of carboxylic acid groups (broad SMARTS) is 1. The molecule has 0 radical (unpaired) electrons. The number of aliphatic carboxylic acids is 1. The Morgan fingerprint density at radius 2 is 1.32 bits per heavy atom. The standard InChI is InChI=1S/C46H75N11O11/c1-8-27(6)37(55-39(60)30(48)16-12-13-18-47)44(65)53-34-23-56-19-17-36(57(56)45(34)66)43(64)54-35(24-58)42(63)51-31(20-25(2)3)40(61)49-28(7)38(59)50-32(22-29-14-10-9-11-15-29)41(62)52-33(46(67)68)21-26(4)5/h9-11,14-15,25-28,30-37,58H,8,12-13,16-24,47-48H2,1-7H3,(H,49,61)(H,50,59)(H,51,63)(H,52,62)(H,53,65)(H,54,64)(H,55,60)(H,67,68)/t27?,28?,30?,31?,32-,33?,34?,35?,36?,37-/m0/s1. The number of aliphatic hydroxyl groups excluding tert-OH is 1. The van der Waals surface area contributed by atoms with E-state index in [2.05, 4.69) is 37.2 Å². The van der Waals surface area contributed by atoms with Crippen LogP contribution < -0.4 is 48.7 Å². The topological polar surface area (TPSA) is 337 Å². The van der Waals surface area contributed by atoms with Crippen LogP contribution in [0.4, 0.5) is 0 Å². The minimum Gasteiger partial charge on any atom is -0.480 e. The second kappa shape index (κ2) is 27.3. The van der Waals surface area contributed by atoms with Gasteiger partial charge in [0.2, 0.25) is 41.4 Å². The van der Waals surface area contributed by atoms with Gasteiger partial charge in [-0.05, 0) is 68.9 Å². The molecule has 3 rings (SSSR count). The maximum atomic E-state index is 13.7. The summed E-state index contributed by atoms with van der Waals surface area (Å²) in [6, 6.07) is -1.70. The first kappa shape index (κ1) is 56.6. The van der Waals surface area contributed by atoms with Gasteiger partial charge in [-0.15, -0.1) is 0 Å². The van der Waals surface area contributed by atoms with E-state index in [1.54, 1.807) is 56.1 Å². The summed E-state index contributed by atoms with van der Waals surface area (Å²) in [6.07, 6.45) is 2.69. The number of hydrogen-bond acceptors (Lipinski definition) is 13. The van der Waals surface area contributed by atoms with Crippen molar-refractivity contribution in [2.24, 2.45) is 29.2 Å². The first-order valence-electron chi connectivity index (χ1n) is 23.7. The summed E-state index contributed by atoms with van der Waals surface area (Å²) in [6.45, 7) is 12.1. The maximum Gasteiger partial charge on any atom is 0.326 e. The molecular formula is C46H75N11O11. The molecular weight excluding hydrogens is 883 g/mol. The van der Waals surface area contributed by atoms with Crippen molar-refractivity contribution in [3.8, 4) is 0 Å². The van der Waals surface area contributed by atoms with Gasteiger partial charge in [-0.2, -0.15) is 0 Å². The summed E-state index contributed by atoms with van der Waals surface area (Å²) < 4.78 is 0. The summed E-state index contributed by atoms with van der Waals surface area (Å²) in [7, 11) is 0. The number of amides is 8. The quantitative estimate of drug-likeness (QED) is 0.0411. The Hall–Kier alpha value is -5.71. The molecule has 0 bridgehead atoms. The van der Waals surface area contributed by atoms with Crippen molar-refractivity contribution in [3.63, 3.8) is 0 Å². The van der Waals surface area contributed by atoms with Crippen LogP contribution in [0.15, 0.2) is 30.3 Å². The van der Waals surface area contributed by atoms with E-state index in [1.807, 2.05) is 20.8 Å². The highest BCUT2D eigenvalue weighted by molar-refractivity contribution is 5.98. The number of rotatable bonds is 28. The molecule has 0 spiro atoms. The van der Waals surface area contributed by atoms with Crippen LogP contribution in [0.2, 0.25) is 0 Å². The lowest BCUT2D eigenvalue weighted by atomic mass is 9.97. The van der Waals surface area contributed by atoms with Gasteiger partial charge in [-0.25, -0.2) is 9.80 Å². The number of aliphatic hydroxyl groups is 1. The fourth-order valence-corrected chi connectivity index (χ4v) is 7.97. The van der Waals surface area contributed by atoms with Crippen molar-refractivity contribution in [1.29, 1.82) is 0 Å². The fraction of sp³-hybridized carbons (Fsp3) is 0.674. The van der Waals surface area contributed by atoms with E-state index in [0.717, 1.165) is 0 Å². The molecule has 2 heterocycles. The van der Waals surface area contributed by atoms with Crippen LogP contribution in [0.3, 0.4) is 0 Å². The third-order valence-electron chi connectivity index (χ3n) is 12.0. The van der Waals surface area contributed by atoms with Gasteiger partial charge >= 0.3 is 5.97 Å². The van der Waals surface area contributed by atoms with Crippen LogP contribution in [0.25, 0.3) is 0 Å². The smallest absolute Gasteiger partial charge is 0.326 e. The molecule has 8 unspecified atom stereocenters. The Labute approximate surface area is 398 Å². The predicted octanol–water partition coefficient (Wildman–Crippen LogP) is -1.85. The van der Waals surface area contributed by atoms with Crippen molar-refractivity contribution >= 4 is 53.2 Å². The molecule has 22 nitrogen and oxygen atoms in total. The molecule has 380 valence electrons. The van der Waals surface area contributed by atoms with E-state index in [4.69, 9.17) is 11.5 Å². The number of hydrazine groups is 1. The predicted molar refractivity (Wildman–Crippen MR) is 250 cm³/mol. The van der Waals surface area contributed by atoms with Crippen LogP contribution in [-0.4, -0.2) is 154 Å². The second-order valence-corrected chi connectivity index (χ2v) is 18.7. The van der Waals surface area contributed by atoms with Gasteiger partial charge in [0, 0.05) is 19.5 Å². The Bertz CT molecular complexity index is 1900. The lowest BCUT2D eigenvalue weighted by Crippen LogP contribution is -2.60. The van der Waals surface area contributed by atoms with Gasteiger partial charge in [0.25, 0.3) is 5.91 Å². The first-order valence-corrected chi connectivity index (χ1v) is 23.7. The number of nitrogens with two attached hydrogens (primary N) is 2. The molecule has 0 saturated carbocycles. The van der Waals surface area contributed by atoms with E-state index in [1.165, 1.54) is 11.9 Å². The largest absolute Gasteiger partial charge is 0.480 e. The molecule has 8 amide bonds. The van der Waals surface area contributed by atoms with Gasteiger partial charge in [0.15, 0.2) is 0 Å². The van der Waals surface area contributed by atoms with Crippen LogP contribution in [-0.2, 0) is 49.6 Å². The number of benzene rings is 1. The van der Waals surface area contributed by atoms with Crippen molar-refractivity contribution < 1.29 is 53.4 Å². The van der Waals surface area contributed by atoms with Crippen LogP contribution >= 0.6 is 0 Å². The summed E-state index contributed by atoms with van der Waals surface area (Å²) in [5.41, 5.74) is 12.3. The van der Waals surface area contributed by atoms with E-state index in [0.29, 0.717) is 37.8 Å². The molecule has 0 aliphatic carbocycles. The molecule has 68 heavy (non-hydrogen) atoms. The third-order valence-corrected chi connectivity index (χ3v) is 12.0. The van der Waals surface area contributed by atoms with E-state index in [9.17, 15) is 53.4 Å². The zero-order chi connectivity index (χ0) is 50.8. The zero-order valence-electron chi connectivity index (χ0n) is 40.4. The van der Waals surface area contributed by atoms with E-state index < -0.39 is 114 Å². The van der Waals surface area contributed by atoms with Gasteiger partial charge in [-0.3, -0.25) is 43.4 Å². The SMILES string of the molecule is CCC(C)[C@H](NC(=O)C(N)CCCCN)C(=O)NC1CN2CCC(C(=O)NC(CO)C(=O)NC(CC(C)C)C(=O)NC(C)C(=O)N[C@@H](Cc3ccccc3)C(=O)NC(CC(C)C)C(=O)O)N2C1=O. The third kappa shape index (κ3) is 16.8. The number of nitrogens with one attached hydrogen (secondary N) is 7. The molecule has 2 fully saturated rings. The minimum absolute atomic E-state index is 0.0156. The summed E-state index contributed by atoms with van der Waals surface area (Å²) in [4.78, 5) is 120. The Morgan fingerprint density at radius 1 is 0.735 bits per heavy atom. The number of unbranched alkanes of at least 4 members (excludes halogenated alkanes) is 1. The molecule has 1 aromatic rings. The Balaban J connectivity index is 1.66. The molecule has 10 atom stereocenters. The molecule has 0 aromatic heterocycles. The molecule has 1 aromatic carbocycles. The highest BCUT2D eigenvalue weighted by Crippen LogP contribution is 2.26. The van der Waals surface area contributed by atoms with Gasteiger partial charge in [-0.1, -0.05) is 84.7 Å². The Morgan fingerprint density at radius 3 is 1.91 bits per heavy atom. The number of carbonyl (C=O) groups is 9. The molecule has 2 saturated heterocycles. The zero-order valence-corrected chi connectivity index (χ0v) is 40.4. The normalized spacial score (nSPS) is 19.4. The molecule has 13 N–H and O–H groups in total. The lowest BCUT2D eigenvalue weighted by molar-refractivity contribution is -0.146. The average Bonchev–Trinajstić information content (AvgIpc) is 3.84. The van der Waals surface area contributed by atoms with Crippen molar-refractivity contribution in [2.45, 2.75) is 154 Å². The molecule has 2 aliphatic rings. The number of fused-ring (bicyclic) bond motifs is 1. The maximum absolute atomic E-state index is 13.7. The van der Waals surface area contributed by atoms with Gasteiger partial charge in [0.1, 0.15) is 48.3 Å². The number of nitrogens with zero attached hydrogens (tertiary/aromatic N) is 2. The average molecular weight is 958 g/mol. The van der Waals surface area contributed by atoms with Crippen molar-refractivity contribution in [2.75, 3.05) is 26.2 Å². The minimum atomic E-state index is -1.56. The van der Waals surface area contributed by atoms with Crippen molar-refractivity contribution in [3.05, 3.63) is 35.9 Å². The van der Waals surface area contributed by atoms with Crippen molar-refractivity contribution in [1.82, 2.24) is 47.2 Å². The Kier molecular flexibility index (Phi) is 22.8. The van der Waals surface area contributed by atoms with Gasteiger partial charge in [0.05, 0.1) is 12.6 Å². The molecule has 2 aliphatic heterocycles. The lowest BCUT2D eigenvalue weighted by Gasteiger charge is -2.28. The summed E-state index contributed by atoms with van der Waals surface area (Å²) in [5, 5.41) is 41.0. The molecule has 22 heteroatoms. The fourth-order valence-electron chi connectivity index (χ4n) is 7.97. The summed E-state index contributed by atoms with van der Waals surface area (Å²) >= 11 is 0. The summed E-state index contributed by atoms with van der Waals surface area (Å²) in [5.74, 6) is -7.36. The number of carbonyl (C=O) groups excluding carboxylic acids is 8. The number of carboxylic acids is 1. The monoisotopic (exact) mass is 958 g/mol. The highest BCUT2D eigenvalue weighted by Gasteiger charge is 2.50. The first-order chi connectivity index (χ1) is 32.1. The van der Waals surface area contributed by atoms with E-state index >= 15 is 0 Å².